The Morgan fingerprint density at radius 1 is 1.40 bits per heavy atom. The smallest absolute Gasteiger partial charge is 0.221 e. The first-order valence-electron chi connectivity index (χ1n) is 5.71. The molecular weight excluding hydrogens is 192 g/mol. The summed E-state index contributed by atoms with van der Waals surface area (Å²) in [6.45, 7) is 1.13. The van der Waals surface area contributed by atoms with E-state index < -0.39 is 0 Å². The number of amides is 1. The summed E-state index contributed by atoms with van der Waals surface area (Å²) in [5, 5.41) is 2.81. The van der Waals surface area contributed by atoms with Crippen molar-refractivity contribution in [2.45, 2.75) is 44.1 Å². The second-order valence-electron chi connectivity index (χ2n) is 4.44. The van der Waals surface area contributed by atoms with Crippen LogP contribution in [0.4, 0.5) is 0 Å². The molecule has 0 aliphatic heterocycles. The number of methoxy groups -OCH3 is 1. The highest BCUT2D eigenvalue weighted by Gasteiger charge is 2.29. The maximum absolute atomic E-state index is 11.5. The Balaban J connectivity index is 2.23. The highest BCUT2D eigenvalue weighted by molar-refractivity contribution is 5.77. The van der Waals surface area contributed by atoms with Gasteiger partial charge in [0.15, 0.2) is 0 Å². The van der Waals surface area contributed by atoms with Gasteiger partial charge in [-0.2, -0.15) is 0 Å². The van der Waals surface area contributed by atoms with Crippen LogP contribution < -0.4 is 11.1 Å². The molecule has 88 valence electrons. The summed E-state index contributed by atoms with van der Waals surface area (Å²) >= 11 is 0. The third-order valence-corrected chi connectivity index (χ3v) is 2.99. The van der Waals surface area contributed by atoms with Crippen LogP contribution in [0.2, 0.25) is 0 Å². The van der Waals surface area contributed by atoms with Crippen LogP contribution in [0.5, 0.6) is 0 Å². The fraction of sp³-hybridized carbons (Fsp3) is 0.909. The average Bonchev–Trinajstić information content (AvgIpc) is 2.18. The van der Waals surface area contributed by atoms with Gasteiger partial charge in [0.05, 0.1) is 6.61 Å². The Kier molecular flexibility index (Phi) is 5.05. The summed E-state index contributed by atoms with van der Waals surface area (Å²) in [5.41, 5.74) is 5.92. The number of hydrogen-bond donors (Lipinski definition) is 2. The average molecular weight is 214 g/mol. The molecule has 15 heavy (non-hydrogen) atoms. The van der Waals surface area contributed by atoms with Crippen molar-refractivity contribution in [1.82, 2.24) is 5.32 Å². The Hall–Kier alpha value is -0.610. The maximum atomic E-state index is 11.5. The largest absolute Gasteiger partial charge is 0.383 e. The molecular formula is C11H22N2O2. The van der Waals surface area contributed by atoms with E-state index >= 15 is 0 Å². The van der Waals surface area contributed by atoms with E-state index in [0.29, 0.717) is 19.6 Å². The molecule has 1 aliphatic carbocycles. The minimum Gasteiger partial charge on any atom is -0.383 e. The molecule has 1 saturated carbocycles. The van der Waals surface area contributed by atoms with Crippen molar-refractivity contribution in [3.63, 3.8) is 0 Å². The van der Waals surface area contributed by atoms with Crippen molar-refractivity contribution in [3.8, 4) is 0 Å². The summed E-state index contributed by atoms with van der Waals surface area (Å²) < 4.78 is 4.86. The van der Waals surface area contributed by atoms with Crippen molar-refractivity contribution in [1.29, 1.82) is 0 Å². The first-order chi connectivity index (χ1) is 7.16. The fourth-order valence-electron chi connectivity index (χ4n) is 2.11. The predicted molar refractivity (Wildman–Crippen MR) is 59.5 cm³/mol. The van der Waals surface area contributed by atoms with Gasteiger partial charge in [0.1, 0.15) is 0 Å². The Morgan fingerprint density at radius 3 is 2.67 bits per heavy atom. The van der Waals surface area contributed by atoms with Crippen molar-refractivity contribution in [2.24, 2.45) is 5.73 Å². The Morgan fingerprint density at radius 2 is 2.07 bits per heavy atom. The Labute approximate surface area is 91.5 Å². The quantitative estimate of drug-likeness (QED) is 0.665. The van der Waals surface area contributed by atoms with Crippen molar-refractivity contribution in [2.75, 3.05) is 20.3 Å². The van der Waals surface area contributed by atoms with E-state index in [9.17, 15) is 4.79 Å². The molecule has 0 spiro atoms. The van der Waals surface area contributed by atoms with Gasteiger partial charge in [-0.05, 0) is 12.8 Å². The topological polar surface area (TPSA) is 64.3 Å². The lowest BCUT2D eigenvalue weighted by Gasteiger charge is -2.32. The molecule has 3 N–H and O–H groups in total. The van der Waals surface area contributed by atoms with E-state index in [1.807, 2.05) is 0 Å². The SMILES string of the molecule is COCCNC(=O)CC1(N)CCCCC1. The van der Waals surface area contributed by atoms with Gasteiger partial charge >= 0.3 is 0 Å². The minimum absolute atomic E-state index is 0.0523. The molecule has 0 aromatic rings. The summed E-state index contributed by atoms with van der Waals surface area (Å²) in [6, 6.07) is 0. The summed E-state index contributed by atoms with van der Waals surface area (Å²) in [6.07, 6.45) is 5.97. The van der Waals surface area contributed by atoms with Crippen LogP contribution in [0.3, 0.4) is 0 Å². The summed E-state index contributed by atoms with van der Waals surface area (Å²) in [4.78, 5) is 11.5. The molecule has 0 bridgehead atoms. The van der Waals surface area contributed by atoms with Gasteiger partial charge < -0.3 is 15.8 Å². The summed E-state index contributed by atoms with van der Waals surface area (Å²) in [5.74, 6) is 0.0523. The molecule has 0 unspecified atom stereocenters. The molecule has 1 aliphatic rings. The van der Waals surface area contributed by atoms with Gasteiger partial charge in [0.2, 0.25) is 5.91 Å². The van der Waals surface area contributed by atoms with Crippen LogP contribution in [0, 0.1) is 0 Å². The van der Waals surface area contributed by atoms with E-state index in [1.54, 1.807) is 7.11 Å². The van der Waals surface area contributed by atoms with Gasteiger partial charge in [-0.15, -0.1) is 0 Å². The molecule has 1 amide bonds. The molecule has 0 heterocycles. The van der Waals surface area contributed by atoms with Gasteiger partial charge in [-0.1, -0.05) is 19.3 Å². The number of hydrogen-bond acceptors (Lipinski definition) is 3. The molecule has 0 radical (unpaired) electrons. The summed E-state index contributed by atoms with van der Waals surface area (Å²) in [7, 11) is 1.62. The zero-order valence-electron chi connectivity index (χ0n) is 9.55. The van der Waals surface area contributed by atoms with Gasteiger partial charge in [-0.25, -0.2) is 0 Å². The van der Waals surface area contributed by atoms with Crippen LogP contribution in [0.1, 0.15) is 38.5 Å². The zero-order chi connectivity index (χ0) is 11.1. The maximum Gasteiger partial charge on any atom is 0.221 e. The van der Waals surface area contributed by atoms with Crippen LogP contribution in [-0.2, 0) is 9.53 Å². The first-order valence-corrected chi connectivity index (χ1v) is 5.71. The van der Waals surface area contributed by atoms with Crippen molar-refractivity contribution >= 4 is 5.91 Å². The number of carbonyl (C=O) groups excluding carboxylic acids is 1. The third kappa shape index (κ3) is 4.62. The van der Waals surface area contributed by atoms with E-state index in [4.69, 9.17) is 10.5 Å². The van der Waals surface area contributed by atoms with Crippen LogP contribution in [-0.4, -0.2) is 31.7 Å². The van der Waals surface area contributed by atoms with Crippen LogP contribution in [0.25, 0.3) is 0 Å². The minimum atomic E-state index is -0.255. The second-order valence-corrected chi connectivity index (χ2v) is 4.44. The molecule has 0 aromatic heterocycles. The number of nitrogens with two attached hydrogens (primary N) is 1. The number of rotatable bonds is 5. The number of carbonyl (C=O) groups is 1. The molecule has 4 nitrogen and oxygen atoms in total. The highest BCUT2D eigenvalue weighted by atomic mass is 16.5. The van der Waals surface area contributed by atoms with E-state index in [0.717, 1.165) is 25.7 Å². The van der Waals surface area contributed by atoms with Gasteiger partial charge in [0, 0.05) is 25.6 Å². The molecule has 1 fully saturated rings. The van der Waals surface area contributed by atoms with E-state index in [-0.39, 0.29) is 11.4 Å². The first kappa shape index (κ1) is 12.5. The van der Waals surface area contributed by atoms with Gasteiger partial charge in [0.25, 0.3) is 0 Å². The number of ether oxygens (including phenoxy) is 1. The normalized spacial score (nSPS) is 19.9. The lowest BCUT2D eigenvalue weighted by Crippen LogP contribution is -2.46. The molecule has 0 saturated heterocycles. The zero-order valence-corrected chi connectivity index (χ0v) is 9.55. The fourth-order valence-corrected chi connectivity index (χ4v) is 2.11. The van der Waals surface area contributed by atoms with Crippen LogP contribution >= 0.6 is 0 Å². The van der Waals surface area contributed by atoms with Crippen molar-refractivity contribution < 1.29 is 9.53 Å². The standard InChI is InChI=1S/C11H22N2O2/c1-15-8-7-13-10(14)9-11(12)5-3-2-4-6-11/h2-9,12H2,1H3,(H,13,14). The highest BCUT2D eigenvalue weighted by Crippen LogP contribution is 2.28. The van der Waals surface area contributed by atoms with E-state index in [1.165, 1.54) is 6.42 Å². The third-order valence-electron chi connectivity index (χ3n) is 2.99. The molecule has 0 atom stereocenters. The monoisotopic (exact) mass is 214 g/mol. The molecule has 0 aromatic carbocycles. The van der Waals surface area contributed by atoms with Crippen LogP contribution in [0.15, 0.2) is 0 Å². The van der Waals surface area contributed by atoms with E-state index in [2.05, 4.69) is 5.32 Å². The molecule has 4 heteroatoms. The lowest BCUT2D eigenvalue weighted by molar-refractivity contribution is -0.122. The lowest BCUT2D eigenvalue weighted by atomic mass is 9.80. The second kappa shape index (κ2) is 6.08. The molecule has 1 rings (SSSR count). The van der Waals surface area contributed by atoms with Crippen molar-refractivity contribution in [3.05, 3.63) is 0 Å². The predicted octanol–water partition coefficient (Wildman–Crippen LogP) is 0.801. The Bertz CT molecular complexity index is 201. The van der Waals surface area contributed by atoms with Gasteiger partial charge in [-0.3, -0.25) is 4.79 Å². The number of nitrogens with one attached hydrogen (secondary N) is 1.